The highest BCUT2D eigenvalue weighted by atomic mass is 32.2. The number of carbonyl (C=O) groups is 1. The van der Waals surface area contributed by atoms with Gasteiger partial charge in [-0.05, 0) is 31.0 Å². The topological polar surface area (TPSA) is 77.0 Å². The van der Waals surface area contributed by atoms with Crippen molar-refractivity contribution < 1.29 is 22.4 Å². The maximum absolute atomic E-state index is 13.4. The molecule has 2 aromatic heterocycles. The molecule has 4 aromatic rings. The van der Waals surface area contributed by atoms with Crippen molar-refractivity contribution in [3.05, 3.63) is 78.0 Å². The summed E-state index contributed by atoms with van der Waals surface area (Å²) in [5.74, 6) is 0.726. The van der Waals surface area contributed by atoms with Crippen LogP contribution in [-0.4, -0.2) is 43.6 Å². The Morgan fingerprint density at radius 1 is 1.03 bits per heavy atom. The number of hydrogen-bond acceptors (Lipinski definition) is 6. The van der Waals surface area contributed by atoms with Gasteiger partial charge < -0.3 is 9.32 Å². The molecule has 2 aromatic carbocycles. The summed E-state index contributed by atoms with van der Waals surface area (Å²) in [5.41, 5.74) is 0.435. The molecule has 0 aliphatic rings. The summed E-state index contributed by atoms with van der Waals surface area (Å²) in [6, 6.07) is 14.1. The smallest absolute Gasteiger partial charge is 0.416 e. The Labute approximate surface area is 216 Å². The highest BCUT2D eigenvalue weighted by Crippen LogP contribution is 2.34. The Morgan fingerprint density at radius 2 is 1.76 bits per heavy atom. The molecule has 0 saturated carbocycles. The van der Waals surface area contributed by atoms with Crippen molar-refractivity contribution in [3.63, 3.8) is 0 Å². The van der Waals surface area contributed by atoms with Crippen molar-refractivity contribution in [1.82, 2.24) is 24.6 Å². The number of nitrogens with zero attached hydrogens (tertiary/aromatic N) is 5. The van der Waals surface area contributed by atoms with Gasteiger partial charge in [0.05, 0.1) is 17.0 Å². The molecule has 0 fully saturated rings. The number of rotatable bonds is 10. The summed E-state index contributed by atoms with van der Waals surface area (Å²) in [6.07, 6.45) is -1.49. The monoisotopic (exact) mass is 529 g/mol. The van der Waals surface area contributed by atoms with Crippen LogP contribution in [0.15, 0.2) is 70.4 Å². The van der Waals surface area contributed by atoms with E-state index in [9.17, 15) is 18.0 Å². The molecule has 7 nitrogen and oxygen atoms in total. The number of oxazole rings is 1. The summed E-state index contributed by atoms with van der Waals surface area (Å²) in [7, 11) is 0. The number of thioether (sulfide) groups is 1. The minimum atomic E-state index is -4.49. The fourth-order valence-corrected chi connectivity index (χ4v) is 4.61. The number of carbonyl (C=O) groups excluding carboxylic acids is 1. The van der Waals surface area contributed by atoms with Crippen molar-refractivity contribution in [2.75, 3.05) is 13.1 Å². The summed E-state index contributed by atoms with van der Waals surface area (Å²) in [5, 5.41) is 8.87. The molecule has 0 radical (unpaired) electrons. The van der Waals surface area contributed by atoms with Crippen LogP contribution >= 0.6 is 11.8 Å². The van der Waals surface area contributed by atoms with Crippen LogP contribution in [0.25, 0.3) is 17.1 Å². The lowest BCUT2D eigenvalue weighted by atomic mass is 10.1. The lowest BCUT2D eigenvalue weighted by molar-refractivity contribution is -0.137. The predicted molar refractivity (Wildman–Crippen MR) is 134 cm³/mol. The standard InChI is InChI=1S/C26H26F3N5O2S/c1-3-13-33(14-4-2)24(35)21-16-36-22(30-21)17-37-25-32-31-23(18-9-6-5-7-10-18)34(25)20-12-8-11-19(15-20)26(27,28)29/h5-12,15-16H,3-4,13-14,17H2,1-2H3. The molecular formula is C26H26F3N5O2S. The van der Waals surface area contributed by atoms with Gasteiger partial charge in [0.1, 0.15) is 6.26 Å². The van der Waals surface area contributed by atoms with E-state index in [1.807, 2.05) is 44.2 Å². The Kier molecular flexibility index (Phi) is 8.32. The highest BCUT2D eigenvalue weighted by Gasteiger charge is 2.31. The molecule has 1 amide bonds. The zero-order valence-electron chi connectivity index (χ0n) is 20.4. The first-order chi connectivity index (χ1) is 17.8. The van der Waals surface area contributed by atoms with Crippen molar-refractivity contribution in [2.45, 2.75) is 43.8 Å². The van der Waals surface area contributed by atoms with E-state index in [1.54, 1.807) is 15.5 Å². The van der Waals surface area contributed by atoms with Gasteiger partial charge in [0.25, 0.3) is 5.91 Å². The summed E-state index contributed by atoms with van der Waals surface area (Å²) in [4.78, 5) is 18.9. The lowest BCUT2D eigenvalue weighted by Crippen LogP contribution is -2.32. The van der Waals surface area contributed by atoms with Crippen LogP contribution in [0.1, 0.15) is 48.6 Å². The van der Waals surface area contributed by atoms with E-state index in [0.29, 0.717) is 35.5 Å². The van der Waals surface area contributed by atoms with Crippen LogP contribution in [0.3, 0.4) is 0 Å². The maximum Gasteiger partial charge on any atom is 0.416 e. The van der Waals surface area contributed by atoms with E-state index in [2.05, 4.69) is 15.2 Å². The van der Waals surface area contributed by atoms with Crippen LogP contribution in [-0.2, 0) is 11.9 Å². The SMILES string of the molecule is CCCN(CCC)C(=O)c1coc(CSc2nnc(-c3ccccc3)n2-c2cccc(C(F)(F)F)c2)n1. The van der Waals surface area contributed by atoms with Crippen molar-refractivity contribution >= 4 is 17.7 Å². The Morgan fingerprint density at radius 3 is 2.43 bits per heavy atom. The number of amides is 1. The minimum Gasteiger partial charge on any atom is -0.447 e. The summed E-state index contributed by atoms with van der Waals surface area (Å²) in [6.45, 7) is 5.27. The molecule has 0 saturated heterocycles. The molecule has 0 spiro atoms. The normalized spacial score (nSPS) is 11.6. The first-order valence-electron chi connectivity index (χ1n) is 11.9. The van der Waals surface area contributed by atoms with Gasteiger partial charge in [-0.25, -0.2) is 4.98 Å². The number of halogens is 3. The van der Waals surface area contributed by atoms with E-state index in [0.717, 1.165) is 25.0 Å². The van der Waals surface area contributed by atoms with Crippen molar-refractivity contribution in [1.29, 1.82) is 0 Å². The van der Waals surface area contributed by atoms with Gasteiger partial charge in [-0.2, -0.15) is 13.2 Å². The van der Waals surface area contributed by atoms with E-state index in [-0.39, 0.29) is 23.0 Å². The average Bonchev–Trinajstić information content (AvgIpc) is 3.54. The molecule has 0 atom stereocenters. The zero-order chi connectivity index (χ0) is 26.4. The second-order valence-electron chi connectivity index (χ2n) is 8.26. The minimum absolute atomic E-state index is 0.192. The third-order valence-corrected chi connectivity index (χ3v) is 6.38. The van der Waals surface area contributed by atoms with E-state index in [1.165, 1.54) is 24.1 Å². The fourth-order valence-electron chi connectivity index (χ4n) is 3.81. The van der Waals surface area contributed by atoms with Gasteiger partial charge in [-0.3, -0.25) is 9.36 Å². The molecule has 0 aliphatic heterocycles. The summed E-state index contributed by atoms with van der Waals surface area (Å²) >= 11 is 1.20. The quantitative estimate of drug-likeness (QED) is 0.218. The average molecular weight is 530 g/mol. The molecule has 0 unspecified atom stereocenters. The molecular weight excluding hydrogens is 503 g/mol. The second-order valence-corrected chi connectivity index (χ2v) is 9.21. The zero-order valence-corrected chi connectivity index (χ0v) is 21.2. The predicted octanol–water partition coefficient (Wildman–Crippen LogP) is 6.50. The Bertz CT molecular complexity index is 1330. The highest BCUT2D eigenvalue weighted by molar-refractivity contribution is 7.98. The third-order valence-electron chi connectivity index (χ3n) is 5.47. The van der Waals surface area contributed by atoms with Crippen LogP contribution in [0, 0.1) is 0 Å². The van der Waals surface area contributed by atoms with E-state index in [4.69, 9.17) is 4.42 Å². The first kappa shape index (κ1) is 26.5. The molecule has 4 rings (SSSR count). The van der Waals surface area contributed by atoms with Crippen molar-refractivity contribution in [2.24, 2.45) is 0 Å². The fraction of sp³-hybridized carbons (Fsp3) is 0.308. The van der Waals surface area contributed by atoms with E-state index >= 15 is 0 Å². The van der Waals surface area contributed by atoms with E-state index < -0.39 is 11.7 Å². The molecule has 11 heteroatoms. The number of aromatic nitrogens is 4. The van der Waals surface area contributed by atoms with Crippen LogP contribution in [0.5, 0.6) is 0 Å². The number of benzene rings is 2. The summed E-state index contributed by atoms with van der Waals surface area (Å²) < 4.78 is 47.4. The number of hydrogen-bond donors (Lipinski definition) is 0. The van der Waals surface area contributed by atoms with Gasteiger partial charge in [0.2, 0.25) is 5.89 Å². The Balaban J connectivity index is 1.62. The van der Waals surface area contributed by atoms with Crippen LogP contribution in [0.2, 0.25) is 0 Å². The number of alkyl halides is 3. The van der Waals surface area contributed by atoms with Gasteiger partial charge in [-0.1, -0.05) is 62.0 Å². The van der Waals surface area contributed by atoms with Gasteiger partial charge in [0, 0.05) is 18.7 Å². The van der Waals surface area contributed by atoms with Crippen LogP contribution < -0.4 is 0 Å². The Hall–Kier alpha value is -3.60. The molecule has 0 aliphatic carbocycles. The third kappa shape index (κ3) is 6.22. The van der Waals surface area contributed by atoms with Gasteiger partial charge in [-0.15, -0.1) is 10.2 Å². The molecule has 37 heavy (non-hydrogen) atoms. The van der Waals surface area contributed by atoms with Crippen LogP contribution in [0.4, 0.5) is 13.2 Å². The maximum atomic E-state index is 13.4. The molecule has 0 bridgehead atoms. The largest absolute Gasteiger partial charge is 0.447 e. The van der Waals surface area contributed by atoms with Gasteiger partial charge >= 0.3 is 6.18 Å². The second kappa shape index (κ2) is 11.6. The first-order valence-corrected chi connectivity index (χ1v) is 12.8. The molecule has 2 heterocycles. The lowest BCUT2D eigenvalue weighted by Gasteiger charge is -2.19. The van der Waals surface area contributed by atoms with Crippen molar-refractivity contribution in [3.8, 4) is 17.1 Å². The molecule has 0 N–H and O–H groups in total. The van der Waals surface area contributed by atoms with Gasteiger partial charge in [0.15, 0.2) is 16.7 Å². The molecule has 194 valence electrons.